The second kappa shape index (κ2) is 29.9. The normalized spacial score (nSPS) is 23.0. The smallest absolute Gasteiger partial charge is 0.312 e. The zero-order valence-corrected chi connectivity index (χ0v) is 56.0. The summed E-state index contributed by atoms with van der Waals surface area (Å²) in [6.45, 7) is 19.5. The number of aromatic hydroxyl groups is 2. The number of rotatable bonds is 17. The van der Waals surface area contributed by atoms with Gasteiger partial charge in [-0.2, -0.15) is 0 Å². The van der Waals surface area contributed by atoms with Crippen LogP contribution in [0.5, 0.6) is 17.2 Å². The Labute approximate surface area is 552 Å². The van der Waals surface area contributed by atoms with Crippen LogP contribution >= 0.6 is 0 Å². The van der Waals surface area contributed by atoms with Gasteiger partial charge in [-0.25, -0.2) is 4.98 Å². The number of esters is 1. The molecule has 1 saturated heterocycles. The summed E-state index contributed by atoms with van der Waals surface area (Å²) in [4.78, 5) is 129. The fourth-order valence-electron chi connectivity index (χ4n) is 13.3. The van der Waals surface area contributed by atoms with E-state index in [9.17, 15) is 48.6 Å². The molecule has 23 nitrogen and oxygen atoms in total. The lowest BCUT2D eigenvalue weighted by Gasteiger charge is -2.38. The maximum atomic E-state index is 15.1. The number of phenolic OH excluding ortho intramolecular Hbond substituents is 2. The summed E-state index contributed by atoms with van der Waals surface area (Å²) in [6, 6.07) is 10.0. The van der Waals surface area contributed by atoms with Crippen molar-refractivity contribution in [2.45, 2.75) is 158 Å². The zero-order valence-electron chi connectivity index (χ0n) is 56.0. The standard InChI is InChI=1S/C72H88N8O15/c1-39(2)60(75-53(83)20-13-12-14-29-80-55(85)25-26-56(80)86)71(91)73-37-54(84)74-48-23-21-47(22-24-48)38-78(11)49-27-30-79(31-28-49)50-35-51(82)61-52(36-50)94-68-62(76-61)57-58-64(87)45(8)67-59(57)69(89)72(10,95-67)92-32-16-19-42(5)66(93-46(9)81)44(7)34-41(4)33-40(3)17-15-18-43(6)70(90)77-63(68)65(58)88/h15-18,21-26,32,35-36,39-42,44,49,60,66,82,87H,12-14,19-20,27-31,33-34,37-38H2,1-11H3,(H,73,91)(H,74,84)(H,75,83)(H,77,90)/b17-15+,32-16+,43-18-/t40-,41+,42+,44+,60?,66+,72-/m0/s1. The molecular weight excluding hydrogens is 1220 g/mol. The number of nitrogens with zero attached hydrogens (tertiary/aromatic N) is 4. The highest BCUT2D eigenvalue weighted by atomic mass is 16.7. The number of phenols is 2. The van der Waals surface area contributed by atoms with Crippen LogP contribution in [0.1, 0.15) is 142 Å². The van der Waals surface area contributed by atoms with Gasteiger partial charge in [0.2, 0.25) is 23.2 Å². The number of imide groups is 1. The number of piperidine rings is 1. The molecule has 5 heterocycles. The number of ether oxygens (including phenoxy) is 3. The molecule has 3 aromatic carbocycles. The predicted octanol–water partition coefficient (Wildman–Crippen LogP) is 9.87. The minimum atomic E-state index is -1.99. The largest absolute Gasteiger partial charge is 0.507 e. The van der Waals surface area contributed by atoms with Crippen molar-refractivity contribution in [3.63, 3.8) is 0 Å². The van der Waals surface area contributed by atoms with Crippen LogP contribution in [-0.4, -0.2) is 129 Å². The van der Waals surface area contributed by atoms with Crippen LogP contribution in [-0.2, 0) is 49.6 Å². The lowest BCUT2D eigenvalue weighted by atomic mass is 9.82. The van der Waals surface area contributed by atoms with E-state index in [0.717, 1.165) is 36.1 Å². The monoisotopic (exact) mass is 1300 g/mol. The average Bonchev–Trinajstić information content (AvgIpc) is 1.66. The Hall–Kier alpha value is -9.38. The molecule has 6 aliphatic rings. The number of Topliss-reactive ketones (excluding diaryl/α,β-unsaturated/α-hetero) is 1. The molecule has 6 N–H and O–H groups in total. The van der Waals surface area contributed by atoms with Gasteiger partial charge in [-0.15, -0.1) is 0 Å². The van der Waals surface area contributed by atoms with Gasteiger partial charge in [-0.3, -0.25) is 53.0 Å². The number of nitrogens with one attached hydrogen (secondary N) is 4. The van der Waals surface area contributed by atoms with Crippen LogP contribution in [0, 0.1) is 36.5 Å². The van der Waals surface area contributed by atoms with Crippen molar-refractivity contribution in [3.05, 3.63) is 112 Å². The Morgan fingerprint density at radius 1 is 0.905 bits per heavy atom. The van der Waals surface area contributed by atoms with E-state index in [1.807, 2.05) is 32.2 Å². The van der Waals surface area contributed by atoms with E-state index in [1.54, 1.807) is 63.3 Å². The van der Waals surface area contributed by atoms with E-state index in [2.05, 4.69) is 51.8 Å². The third-order valence-corrected chi connectivity index (χ3v) is 18.5. The second-order valence-electron chi connectivity index (χ2n) is 26.6. The van der Waals surface area contributed by atoms with E-state index in [0.29, 0.717) is 56.7 Å². The Morgan fingerprint density at radius 3 is 2.29 bits per heavy atom. The van der Waals surface area contributed by atoms with Crippen molar-refractivity contribution in [1.82, 2.24) is 25.4 Å². The zero-order chi connectivity index (χ0) is 68.7. The van der Waals surface area contributed by atoms with Crippen molar-refractivity contribution < 1.29 is 67.2 Å². The number of hydrogen-bond acceptors (Lipinski definition) is 18. The van der Waals surface area contributed by atoms with Gasteiger partial charge < -0.3 is 55.0 Å². The Balaban J connectivity index is 0.881. The van der Waals surface area contributed by atoms with Crippen LogP contribution in [0.25, 0.3) is 33.3 Å². The molecule has 1 aliphatic carbocycles. The summed E-state index contributed by atoms with van der Waals surface area (Å²) in [5, 5.41) is 34.4. The number of ketones is 1. The number of amides is 6. The van der Waals surface area contributed by atoms with Gasteiger partial charge in [0.1, 0.15) is 46.3 Å². The molecule has 9 rings (SSSR count). The maximum Gasteiger partial charge on any atom is 0.312 e. The predicted molar refractivity (Wildman–Crippen MR) is 360 cm³/mol. The van der Waals surface area contributed by atoms with Gasteiger partial charge >= 0.3 is 11.8 Å². The number of carbonyl (C=O) groups excluding carboxylic acids is 8. The number of fused-ring (bicyclic) bond motifs is 2. The SMILES string of the molecule is CC(=O)O[C@@H]1[C@H](C)C/C=C/O[C@@]2(C)Oc3c(C)c(O)c4c(=O)c(c5oc6cc(N7CCC(N(C)Cc8ccc(NC(=O)CNC(=O)C(NC(=O)CCCCCN9C(=O)C=CC9=O)C(C)C)cc8)CC7)cc(O)c6nc-5c4c3C2=O)NC(=O)/C(C)=C\C=C\[C@H](C)C[C@@H](C)C[C@H]1C. The van der Waals surface area contributed by atoms with E-state index >= 15 is 4.79 Å². The summed E-state index contributed by atoms with van der Waals surface area (Å²) in [5.41, 5.74) is 1.06. The quantitative estimate of drug-likeness (QED) is 0.0166. The fraction of sp³-hybridized carbons (Fsp3) is 0.472. The molecule has 95 heavy (non-hydrogen) atoms. The molecule has 4 bridgehead atoms. The molecule has 0 radical (unpaired) electrons. The van der Waals surface area contributed by atoms with Crippen molar-refractivity contribution in [3.8, 4) is 28.7 Å². The molecule has 5 aliphatic heterocycles. The van der Waals surface area contributed by atoms with Crippen LogP contribution in [0.3, 0.4) is 0 Å². The van der Waals surface area contributed by atoms with Gasteiger partial charge in [0, 0.05) is 105 Å². The molecule has 7 atom stereocenters. The lowest BCUT2D eigenvalue weighted by Crippen LogP contribution is -2.51. The number of aromatic nitrogens is 1. The second-order valence-corrected chi connectivity index (χ2v) is 26.6. The summed E-state index contributed by atoms with van der Waals surface area (Å²) >= 11 is 0. The molecule has 1 fully saturated rings. The first-order chi connectivity index (χ1) is 45.1. The van der Waals surface area contributed by atoms with Gasteiger partial charge in [0.05, 0.1) is 23.8 Å². The molecule has 23 heteroatoms. The Morgan fingerprint density at radius 2 is 1.61 bits per heavy atom. The first-order valence-electron chi connectivity index (χ1n) is 32.8. The molecule has 1 unspecified atom stereocenters. The molecule has 0 aromatic heterocycles. The van der Waals surface area contributed by atoms with Crippen LogP contribution < -0.4 is 36.3 Å². The number of anilines is 3. The minimum absolute atomic E-state index is 0.0117. The summed E-state index contributed by atoms with van der Waals surface area (Å²) in [5.74, 6) is -6.76. The molecule has 3 aromatic rings. The van der Waals surface area contributed by atoms with Crippen LogP contribution in [0.2, 0.25) is 0 Å². The number of hydrogen-bond donors (Lipinski definition) is 6. The van der Waals surface area contributed by atoms with Gasteiger partial charge in [-0.05, 0) is 119 Å². The van der Waals surface area contributed by atoms with E-state index < -0.39 is 52.6 Å². The van der Waals surface area contributed by atoms with Gasteiger partial charge in [0.15, 0.2) is 11.3 Å². The third kappa shape index (κ3) is 16.1. The topological polar surface area (TPSA) is 306 Å². The van der Waals surface area contributed by atoms with Crippen molar-refractivity contribution in [2.75, 3.05) is 48.8 Å². The Bertz CT molecular complexity index is 3940. The van der Waals surface area contributed by atoms with E-state index in [-0.39, 0.29) is 146 Å². The van der Waals surface area contributed by atoms with E-state index in [4.69, 9.17) is 23.6 Å². The lowest BCUT2D eigenvalue weighted by molar-refractivity contribution is -0.152. The molecule has 0 spiro atoms. The number of carbonyl (C=O) groups is 8. The fourth-order valence-corrected chi connectivity index (χ4v) is 13.3. The first kappa shape index (κ1) is 69.9. The summed E-state index contributed by atoms with van der Waals surface area (Å²) in [6.07, 6.45) is 15.9. The molecular formula is C72H88N8O15. The van der Waals surface area contributed by atoms with Gasteiger partial charge in [-0.1, -0.05) is 78.3 Å². The Kier molecular flexibility index (Phi) is 22.0. The minimum Gasteiger partial charge on any atom is -0.507 e. The summed E-state index contributed by atoms with van der Waals surface area (Å²) < 4.78 is 25.0. The van der Waals surface area contributed by atoms with Crippen molar-refractivity contribution in [2.24, 2.45) is 29.6 Å². The van der Waals surface area contributed by atoms with Crippen molar-refractivity contribution in [1.29, 1.82) is 0 Å². The average molecular weight is 1310 g/mol. The highest BCUT2D eigenvalue weighted by molar-refractivity contribution is 6.22. The highest BCUT2D eigenvalue weighted by Crippen LogP contribution is 2.51. The molecule has 506 valence electrons. The number of unbranched alkanes of at least 4 members (excludes halogenated alkanes) is 2. The number of allylic oxidation sites excluding steroid dienone is 4. The molecule has 6 amide bonds. The summed E-state index contributed by atoms with van der Waals surface area (Å²) in [7, 11) is 2.04. The van der Waals surface area contributed by atoms with Crippen molar-refractivity contribution >= 4 is 86.1 Å². The number of benzene rings is 4. The van der Waals surface area contributed by atoms with Crippen LogP contribution in [0.15, 0.2) is 93.9 Å². The van der Waals surface area contributed by atoms with Gasteiger partial charge in [0.25, 0.3) is 23.5 Å². The van der Waals surface area contributed by atoms with Crippen LogP contribution in [0.4, 0.5) is 17.1 Å². The first-order valence-corrected chi connectivity index (χ1v) is 32.8. The maximum absolute atomic E-state index is 15.1. The third-order valence-electron chi connectivity index (χ3n) is 18.5. The van der Waals surface area contributed by atoms with E-state index in [1.165, 1.54) is 39.2 Å². The highest BCUT2D eigenvalue weighted by Gasteiger charge is 2.50. The molecule has 0 saturated carbocycles.